The third kappa shape index (κ3) is 3.23. The number of ether oxygens (including phenoxy) is 1. The van der Waals surface area contributed by atoms with Crippen molar-refractivity contribution >= 4 is 0 Å². The summed E-state index contributed by atoms with van der Waals surface area (Å²) in [5.74, 6) is 6.15. The molecule has 1 N–H and O–H groups in total. The lowest BCUT2D eigenvalue weighted by Crippen LogP contribution is -2.58. The molecule has 5 aliphatic rings. The van der Waals surface area contributed by atoms with Crippen LogP contribution < -0.4 is 0 Å². The van der Waals surface area contributed by atoms with Crippen molar-refractivity contribution in [2.24, 2.45) is 52.3 Å². The Hall–Kier alpha value is -0.0800. The molecular formula is C29H50O2. The second-order valence-corrected chi connectivity index (χ2v) is 13.6. The van der Waals surface area contributed by atoms with E-state index in [0.717, 1.165) is 54.3 Å². The molecule has 0 radical (unpaired) electrons. The highest BCUT2D eigenvalue weighted by Crippen LogP contribution is 2.74. The number of aliphatic hydroxyl groups excluding tert-OH is 1. The van der Waals surface area contributed by atoms with Gasteiger partial charge in [0.1, 0.15) is 5.60 Å². The van der Waals surface area contributed by atoms with Crippen LogP contribution in [0.15, 0.2) is 0 Å². The summed E-state index contributed by atoms with van der Waals surface area (Å²) < 4.78 is 6.53. The summed E-state index contributed by atoms with van der Waals surface area (Å²) in [6.45, 7) is 15.1. The van der Waals surface area contributed by atoms with Crippen LogP contribution >= 0.6 is 0 Å². The summed E-state index contributed by atoms with van der Waals surface area (Å²) in [5, 5.41) is 10.4. The molecule has 2 nitrogen and oxygen atoms in total. The quantitative estimate of drug-likeness (QED) is 0.451. The standard InChI is InChI=1S/C29H50O2/c1-7-20(18(2)3)9-8-19(4)23-10-11-24-22-16-26-29(31-26)17-21(30)12-15-28(29,6)25(22)13-14-27(23,24)5/h18-26,30H,7-17H2,1-6H3/t19-,20-,21+,22+,23-,24+,25+,26-,27-,28-,29?/m1/s1. The van der Waals surface area contributed by atoms with Crippen molar-refractivity contribution in [2.45, 2.75) is 130 Å². The first-order valence-corrected chi connectivity index (χ1v) is 14.0. The van der Waals surface area contributed by atoms with Gasteiger partial charge in [0.15, 0.2) is 0 Å². The predicted molar refractivity (Wildman–Crippen MR) is 128 cm³/mol. The van der Waals surface area contributed by atoms with Crippen molar-refractivity contribution in [3.05, 3.63) is 0 Å². The van der Waals surface area contributed by atoms with Gasteiger partial charge in [-0.05, 0) is 98.2 Å². The van der Waals surface area contributed by atoms with Crippen LogP contribution in [0, 0.1) is 52.3 Å². The fourth-order valence-corrected chi connectivity index (χ4v) is 10.3. The van der Waals surface area contributed by atoms with Gasteiger partial charge in [-0.3, -0.25) is 0 Å². The number of rotatable bonds is 6. The molecule has 1 unspecified atom stereocenters. The van der Waals surface area contributed by atoms with Crippen molar-refractivity contribution in [1.82, 2.24) is 0 Å². The Morgan fingerprint density at radius 1 is 0.968 bits per heavy atom. The molecule has 4 aliphatic carbocycles. The van der Waals surface area contributed by atoms with Crippen LogP contribution in [0.1, 0.15) is 112 Å². The van der Waals surface area contributed by atoms with E-state index in [1.165, 1.54) is 57.8 Å². The number of epoxide rings is 1. The van der Waals surface area contributed by atoms with Crippen LogP contribution in [0.4, 0.5) is 0 Å². The minimum Gasteiger partial charge on any atom is -0.393 e. The zero-order valence-corrected chi connectivity index (χ0v) is 21.3. The van der Waals surface area contributed by atoms with Gasteiger partial charge in [0.2, 0.25) is 0 Å². The third-order valence-electron chi connectivity index (χ3n) is 12.3. The van der Waals surface area contributed by atoms with Crippen molar-refractivity contribution in [3.8, 4) is 0 Å². The highest BCUT2D eigenvalue weighted by atomic mass is 16.6. The Morgan fingerprint density at radius 3 is 2.45 bits per heavy atom. The van der Waals surface area contributed by atoms with Crippen molar-refractivity contribution in [3.63, 3.8) is 0 Å². The van der Waals surface area contributed by atoms with E-state index in [9.17, 15) is 5.11 Å². The lowest BCUT2D eigenvalue weighted by Gasteiger charge is -2.59. The normalized spacial score (nSPS) is 52.6. The largest absolute Gasteiger partial charge is 0.393 e. The molecule has 4 saturated carbocycles. The highest BCUT2D eigenvalue weighted by molar-refractivity contribution is 5.24. The van der Waals surface area contributed by atoms with E-state index in [-0.39, 0.29) is 11.7 Å². The number of hydrogen-bond acceptors (Lipinski definition) is 2. The molecular weight excluding hydrogens is 380 g/mol. The van der Waals surface area contributed by atoms with E-state index in [2.05, 4.69) is 41.5 Å². The number of hydrogen-bond donors (Lipinski definition) is 1. The van der Waals surface area contributed by atoms with Crippen molar-refractivity contribution < 1.29 is 9.84 Å². The summed E-state index contributed by atoms with van der Waals surface area (Å²) in [4.78, 5) is 0. The van der Waals surface area contributed by atoms with Crippen LogP contribution in [0.2, 0.25) is 0 Å². The molecule has 5 fully saturated rings. The molecule has 2 heteroatoms. The van der Waals surface area contributed by atoms with E-state index < -0.39 is 0 Å². The molecule has 31 heavy (non-hydrogen) atoms. The van der Waals surface area contributed by atoms with Gasteiger partial charge in [0, 0.05) is 11.8 Å². The molecule has 0 aromatic rings. The fraction of sp³-hybridized carbons (Fsp3) is 1.00. The Morgan fingerprint density at radius 2 is 1.74 bits per heavy atom. The van der Waals surface area contributed by atoms with E-state index in [1.807, 2.05) is 0 Å². The molecule has 178 valence electrons. The smallest absolute Gasteiger partial charge is 0.103 e. The van der Waals surface area contributed by atoms with Gasteiger partial charge >= 0.3 is 0 Å². The Labute approximate surface area is 192 Å². The molecule has 0 bridgehead atoms. The maximum atomic E-state index is 10.4. The zero-order valence-electron chi connectivity index (χ0n) is 21.3. The Balaban J connectivity index is 1.31. The molecule has 11 atom stereocenters. The lowest BCUT2D eigenvalue weighted by atomic mass is 9.44. The second-order valence-electron chi connectivity index (χ2n) is 13.6. The summed E-state index contributed by atoms with van der Waals surface area (Å²) >= 11 is 0. The minimum atomic E-state index is -0.127. The Kier molecular flexibility index (Phi) is 5.66. The first-order chi connectivity index (χ1) is 14.7. The number of fused-ring (bicyclic) bond motifs is 4. The lowest BCUT2D eigenvalue weighted by molar-refractivity contribution is -0.116. The van der Waals surface area contributed by atoms with Gasteiger partial charge in [-0.1, -0.05) is 54.4 Å². The Bertz CT molecular complexity index is 674. The average molecular weight is 431 g/mol. The first kappa shape index (κ1) is 22.7. The molecule has 1 spiro atoms. The highest BCUT2D eigenvalue weighted by Gasteiger charge is 2.76. The van der Waals surface area contributed by atoms with Gasteiger partial charge < -0.3 is 9.84 Å². The van der Waals surface area contributed by atoms with Crippen LogP contribution in [-0.4, -0.2) is 22.9 Å². The monoisotopic (exact) mass is 430 g/mol. The molecule has 5 rings (SSSR count). The summed E-state index contributed by atoms with van der Waals surface area (Å²) in [5.41, 5.74) is 0.910. The van der Waals surface area contributed by atoms with Crippen LogP contribution in [0.3, 0.4) is 0 Å². The predicted octanol–water partition coefficient (Wildman–Crippen LogP) is 7.24. The summed E-state index contributed by atoms with van der Waals surface area (Å²) in [6, 6.07) is 0. The summed E-state index contributed by atoms with van der Waals surface area (Å²) in [7, 11) is 0. The first-order valence-electron chi connectivity index (χ1n) is 14.0. The summed E-state index contributed by atoms with van der Waals surface area (Å²) in [6.07, 6.45) is 14.7. The van der Waals surface area contributed by atoms with E-state index in [0.29, 0.717) is 16.9 Å². The number of aliphatic hydroxyl groups is 1. The van der Waals surface area contributed by atoms with Gasteiger partial charge in [0.25, 0.3) is 0 Å². The van der Waals surface area contributed by atoms with Crippen LogP contribution in [0.5, 0.6) is 0 Å². The molecule has 1 saturated heterocycles. The van der Waals surface area contributed by atoms with Crippen molar-refractivity contribution in [2.75, 3.05) is 0 Å². The van der Waals surface area contributed by atoms with Gasteiger partial charge in [0.05, 0.1) is 12.2 Å². The van der Waals surface area contributed by atoms with Gasteiger partial charge in [-0.25, -0.2) is 0 Å². The van der Waals surface area contributed by atoms with E-state index in [4.69, 9.17) is 4.74 Å². The van der Waals surface area contributed by atoms with Gasteiger partial charge in [-0.2, -0.15) is 0 Å². The van der Waals surface area contributed by atoms with Crippen LogP contribution in [-0.2, 0) is 4.74 Å². The average Bonchev–Trinajstić information content (AvgIpc) is 3.29. The molecule has 0 aromatic heterocycles. The van der Waals surface area contributed by atoms with E-state index in [1.54, 1.807) is 0 Å². The minimum absolute atomic E-state index is 0.0386. The second kappa shape index (κ2) is 7.72. The van der Waals surface area contributed by atoms with Crippen molar-refractivity contribution in [1.29, 1.82) is 0 Å². The molecule has 1 aliphatic heterocycles. The SMILES string of the molecule is CC[C@H](CC[C@@H](C)[C@H]1CC[C@H]2[C@@H]3C[C@H]4OC45C[C@@H](O)CC[C@]5(C)[C@H]3CC[C@]12C)C(C)C. The zero-order chi connectivity index (χ0) is 22.2. The maximum absolute atomic E-state index is 10.4. The maximum Gasteiger partial charge on any atom is 0.103 e. The van der Waals surface area contributed by atoms with Gasteiger partial charge in [-0.15, -0.1) is 0 Å². The third-order valence-corrected chi connectivity index (χ3v) is 12.3. The topological polar surface area (TPSA) is 32.8 Å². The molecule has 0 aromatic carbocycles. The van der Waals surface area contributed by atoms with E-state index >= 15 is 0 Å². The fourth-order valence-electron chi connectivity index (χ4n) is 10.3. The van der Waals surface area contributed by atoms with Crippen LogP contribution in [0.25, 0.3) is 0 Å². The molecule has 1 heterocycles. The molecule has 0 amide bonds.